The highest BCUT2D eigenvalue weighted by Gasteiger charge is 2.44. The van der Waals surface area contributed by atoms with Gasteiger partial charge < -0.3 is 9.64 Å². The fraction of sp³-hybridized carbons (Fsp3) is 1.00. The molecule has 15 heavy (non-hydrogen) atoms. The first-order valence-electron chi connectivity index (χ1n) is 6.39. The Bertz CT molecular complexity index is 199. The van der Waals surface area contributed by atoms with E-state index in [2.05, 4.69) is 18.7 Å². The number of methoxy groups -OCH3 is 1. The summed E-state index contributed by atoms with van der Waals surface area (Å²) in [4.78, 5) is 2.62. The maximum Gasteiger partial charge on any atom is 0.0571 e. The van der Waals surface area contributed by atoms with Crippen molar-refractivity contribution in [2.45, 2.75) is 45.6 Å². The van der Waals surface area contributed by atoms with Crippen LogP contribution in [0.15, 0.2) is 0 Å². The van der Waals surface area contributed by atoms with Gasteiger partial charge in [0.2, 0.25) is 0 Å². The molecule has 0 aromatic rings. The highest BCUT2D eigenvalue weighted by Crippen LogP contribution is 2.44. The van der Waals surface area contributed by atoms with Gasteiger partial charge in [-0.25, -0.2) is 0 Å². The summed E-state index contributed by atoms with van der Waals surface area (Å²) in [5, 5.41) is 0. The molecule has 2 rings (SSSR count). The second-order valence-corrected chi connectivity index (χ2v) is 6.00. The first kappa shape index (κ1) is 11.4. The van der Waals surface area contributed by atoms with Crippen molar-refractivity contribution < 1.29 is 4.74 Å². The van der Waals surface area contributed by atoms with Gasteiger partial charge >= 0.3 is 0 Å². The maximum atomic E-state index is 5.43. The second kappa shape index (κ2) is 4.42. The molecule has 2 fully saturated rings. The zero-order valence-corrected chi connectivity index (χ0v) is 10.5. The van der Waals surface area contributed by atoms with E-state index in [1.165, 1.54) is 45.3 Å². The third-order valence-corrected chi connectivity index (χ3v) is 4.07. The van der Waals surface area contributed by atoms with Gasteiger partial charge in [0, 0.05) is 26.7 Å². The van der Waals surface area contributed by atoms with Crippen molar-refractivity contribution in [1.29, 1.82) is 0 Å². The summed E-state index contributed by atoms with van der Waals surface area (Å²) in [5.74, 6) is 0.817. The molecule has 0 atom stereocenters. The van der Waals surface area contributed by atoms with E-state index in [0.29, 0.717) is 11.5 Å². The number of hydrogen-bond donors (Lipinski definition) is 0. The second-order valence-electron chi connectivity index (χ2n) is 6.00. The summed E-state index contributed by atoms with van der Waals surface area (Å²) in [6, 6.07) is 0. The predicted molar refractivity (Wildman–Crippen MR) is 63.0 cm³/mol. The van der Waals surface area contributed by atoms with Crippen LogP contribution in [0.2, 0.25) is 0 Å². The van der Waals surface area contributed by atoms with Crippen molar-refractivity contribution in [3.05, 3.63) is 0 Å². The normalized spacial score (nSPS) is 27.2. The molecule has 2 aliphatic rings. The van der Waals surface area contributed by atoms with E-state index in [0.717, 1.165) is 5.92 Å². The van der Waals surface area contributed by atoms with Crippen LogP contribution in [0.25, 0.3) is 0 Å². The van der Waals surface area contributed by atoms with Crippen LogP contribution < -0.4 is 0 Å². The number of hydrogen-bond acceptors (Lipinski definition) is 2. The number of ether oxygens (including phenoxy) is 1. The summed E-state index contributed by atoms with van der Waals surface area (Å²) in [6.45, 7) is 8.61. The number of rotatable bonds is 3. The molecule has 0 unspecified atom stereocenters. The minimum absolute atomic E-state index is 0.551. The zero-order chi connectivity index (χ0) is 10.9. The van der Waals surface area contributed by atoms with Gasteiger partial charge in [-0.1, -0.05) is 13.8 Å². The first-order valence-corrected chi connectivity index (χ1v) is 6.39. The van der Waals surface area contributed by atoms with Gasteiger partial charge in [-0.05, 0) is 37.0 Å². The van der Waals surface area contributed by atoms with Crippen LogP contribution in [0.1, 0.15) is 39.5 Å². The molecule has 2 heteroatoms. The van der Waals surface area contributed by atoms with Crippen molar-refractivity contribution in [1.82, 2.24) is 4.90 Å². The Labute approximate surface area is 94.0 Å². The van der Waals surface area contributed by atoms with Gasteiger partial charge in [0.1, 0.15) is 0 Å². The third-order valence-electron chi connectivity index (χ3n) is 4.07. The fourth-order valence-electron chi connectivity index (χ4n) is 3.30. The summed E-state index contributed by atoms with van der Waals surface area (Å²) < 4.78 is 5.43. The lowest BCUT2D eigenvalue weighted by molar-refractivity contribution is -0.0656. The lowest BCUT2D eigenvalue weighted by atomic mass is 9.68. The quantitative estimate of drug-likeness (QED) is 0.711. The van der Waals surface area contributed by atoms with Crippen molar-refractivity contribution in [2.24, 2.45) is 11.3 Å². The summed E-state index contributed by atoms with van der Waals surface area (Å²) in [5.41, 5.74) is 0.684. The Kier molecular flexibility index (Phi) is 3.36. The fourth-order valence-corrected chi connectivity index (χ4v) is 3.30. The third kappa shape index (κ3) is 2.54. The molecule has 0 N–H and O–H groups in total. The van der Waals surface area contributed by atoms with Gasteiger partial charge in [-0.15, -0.1) is 0 Å². The molecular formula is C13H25NO. The lowest BCUT2D eigenvalue weighted by Gasteiger charge is -2.54. The standard InChI is InChI=1S/C13H25NO/c1-11(2)8-14-9-13(10-14)6-4-12(15-3)5-7-13/h11-12H,4-10H2,1-3H3. The smallest absolute Gasteiger partial charge is 0.0571 e. The summed E-state index contributed by atoms with van der Waals surface area (Å²) in [7, 11) is 1.86. The van der Waals surface area contributed by atoms with Crippen LogP contribution >= 0.6 is 0 Å². The molecule has 1 spiro atoms. The summed E-state index contributed by atoms with van der Waals surface area (Å²) >= 11 is 0. The molecule has 0 aromatic carbocycles. The molecule has 88 valence electrons. The van der Waals surface area contributed by atoms with E-state index < -0.39 is 0 Å². The maximum absolute atomic E-state index is 5.43. The zero-order valence-electron chi connectivity index (χ0n) is 10.5. The highest BCUT2D eigenvalue weighted by molar-refractivity contribution is 4.98. The molecule has 0 bridgehead atoms. The molecule has 1 saturated heterocycles. The van der Waals surface area contributed by atoms with E-state index in [1.807, 2.05) is 7.11 Å². The van der Waals surface area contributed by atoms with Crippen LogP contribution in [0.4, 0.5) is 0 Å². The molecule has 1 saturated carbocycles. The minimum atomic E-state index is 0.551. The molecular weight excluding hydrogens is 186 g/mol. The van der Waals surface area contributed by atoms with Crippen LogP contribution in [-0.4, -0.2) is 37.7 Å². The van der Waals surface area contributed by atoms with Crippen LogP contribution in [0.3, 0.4) is 0 Å². The molecule has 1 aliphatic heterocycles. The van der Waals surface area contributed by atoms with Crippen LogP contribution in [-0.2, 0) is 4.74 Å². The van der Waals surface area contributed by atoms with Gasteiger partial charge in [0.25, 0.3) is 0 Å². The molecule has 0 aromatic heterocycles. The minimum Gasteiger partial charge on any atom is -0.381 e. The molecule has 1 aliphatic carbocycles. The Morgan fingerprint density at radius 3 is 2.33 bits per heavy atom. The van der Waals surface area contributed by atoms with E-state index >= 15 is 0 Å². The molecule has 0 radical (unpaired) electrons. The predicted octanol–water partition coefficient (Wildman–Crippen LogP) is 2.53. The number of likely N-dealkylation sites (tertiary alicyclic amines) is 1. The average molecular weight is 211 g/mol. The van der Waals surface area contributed by atoms with E-state index in [-0.39, 0.29) is 0 Å². The Morgan fingerprint density at radius 2 is 1.87 bits per heavy atom. The van der Waals surface area contributed by atoms with Crippen molar-refractivity contribution >= 4 is 0 Å². The van der Waals surface area contributed by atoms with Crippen molar-refractivity contribution in [3.8, 4) is 0 Å². The largest absolute Gasteiger partial charge is 0.381 e. The van der Waals surface area contributed by atoms with Crippen molar-refractivity contribution in [2.75, 3.05) is 26.7 Å². The topological polar surface area (TPSA) is 12.5 Å². The highest BCUT2D eigenvalue weighted by atomic mass is 16.5. The van der Waals surface area contributed by atoms with Crippen LogP contribution in [0, 0.1) is 11.3 Å². The Balaban J connectivity index is 1.73. The average Bonchev–Trinajstić information content (AvgIpc) is 2.16. The monoisotopic (exact) mass is 211 g/mol. The molecule has 2 nitrogen and oxygen atoms in total. The Morgan fingerprint density at radius 1 is 1.27 bits per heavy atom. The van der Waals surface area contributed by atoms with Gasteiger partial charge in [0.15, 0.2) is 0 Å². The van der Waals surface area contributed by atoms with E-state index in [4.69, 9.17) is 4.74 Å². The number of nitrogens with zero attached hydrogens (tertiary/aromatic N) is 1. The first-order chi connectivity index (χ1) is 7.13. The van der Waals surface area contributed by atoms with Crippen molar-refractivity contribution in [3.63, 3.8) is 0 Å². The Hall–Kier alpha value is -0.0800. The molecule has 1 heterocycles. The summed E-state index contributed by atoms with van der Waals surface area (Å²) in [6.07, 6.45) is 5.90. The van der Waals surface area contributed by atoms with Gasteiger partial charge in [-0.3, -0.25) is 0 Å². The molecule has 0 amide bonds. The van der Waals surface area contributed by atoms with Gasteiger partial charge in [-0.2, -0.15) is 0 Å². The van der Waals surface area contributed by atoms with Crippen LogP contribution in [0.5, 0.6) is 0 Å². The lowest BCUT2D eigenvalue weighted by Crippen LogP contribution is -2.58. The SMILES string of the molecule is COC1CCC2(CC1)CN(CC(C)C)C2. The van der Waals surface area contributed by atoms with E-state index in [9.17, 15) is 0 Å². The van der Waals surface area contributed by atoms with E-state index in [1.54, 1.807) is 0 Å². The van der Waals surface area contributed by atoms with Gasteiger partial charge in [0.05, 0.1) is 6.10 Å².